The molecule has 2 aromatic rings. The number of aryl methyl sites for hydroxylation is 1. The van der Waals surface area contributed by atoms with Crippen molar-refractivity contribution in [3.8, 4) is 0 Å². The minimum atomic E-state index is -1.06. The van der Waals surface area contributed by atoms with Gasteiger partial charge in [0.05, 0.1) is 0 Å². The Balaban J connectivity index is 2.25. The Morgan fingerprint density at radius 2 is 1.95 bits per heavy atom. The molecule has 0 aliphatic carbocycles. The van der Waals surface area contributed by atoms with Gasteiger partial charge >= 0.3 is 0 Å². The Morgan fingerprint density at radius 1 is 1.19 bits per heavy atom. The molecule has 21 heavy (non-hydrogen) atoms. The largest absolute Gasteiger partial charge is 0.322 e. The fourth-order valence-corrected chi connectivity index (χ4v) is 2.93. The van der Waals surface area contributed by atoms with Crippen molar-refractivity contribution < 1.29 is 9.00 Å². The number of benzene rings is 2. The van der Waals surface area contributed by atoms with E-state index < -0.39 is 10.8 Å². The first-order chi connectivity index (χ1) is 10.0. The predicted molar refractivity (Wildman–Crippen MR) is 89.7 cm³/mol. The second-order valence-corrected chi connectivity index (χ2v) is 6.88. The standard InChI is InChI=1S/C16H17NO2S2/c1-11-7-8-13(20-2)10-15(11)16(18)17-12-5-4-6-14(9-12)21(3)19/h4-10H,1-3H3,(H,17,18)/t21-/m0/s1. The van der Waals surface area contributed by atoms with E-state index in [4.69, 9.17) is 0 Å². The maximum absolute atomic E-state index is 12.4. The molecule has 1 atom stereocenters. The van der Waals surface area contributed by atoms with Gasteiger partial charge < -0.3 is 5.32 Å². The molecule has 0 radical (unpaired) electrons. The van der Waals surface area contributed by atoms with Gasteiger partial charge in [-0.3, -0.25) is 9.00 Å². The van der Waals surface area contributed by atoms with E-state index in [1.807, 2.05) is 31.4 Å². The highest BCUT2D eigenvalue weighted by molar-refractivity contribution is 7.98. The van der Waals surface area contributed by atoms with Crippen LogP contribution in [-0.2, 0) is 10.8 Å². The van der Waals surface area contributed by atoms with E-state index in [1.54, 1.807) is 42.3 Å². The number of amides is 1. The highest BCUT2D eigenvalue weighted by Gasteiger charge is 2.11. The first-order valence-electron chi connectivity index (χ1n) is 6.40. The van der Waals surface area contributed by atoms with Crippen LogP contribution in [0.25, 0.3) is 0 Å². The Labute approximate surface area is 131 Å². The monoisotopic (exact) mass is 319 g/mol. The van der Waals surface area contributed by atoms with Gasteiger partial charge in [0, 0.05) is 38.1 Å². The van der Waals surface area contributed by atoms with Crippen LogP contribution < -0.4 is 5.32 Å². The summed E-state index contributed by atoms with van der Waals surface area (Å²) in [6.45, 7) is 1.91. The summed E-state index contributed by atoms with van der Waals surface area (Å²) in [5, 5.41) is 2.86. The Morgan fingerprint density at radius 3 is 2.62 bits per heavy atom. The van der Waals surface area contributed by atoms with Crippen LogP contribution in [0.5, 0.6) is 0 Å². The van der Waals surface area contributed by atoms with Gasteiger partial charge in [-0.1, -0.05) is 12.1 Å². The van der Waals surface area contributed by atoms with E-state index in [1.165, 1.54) is 0 Å². The van der Waals surface area contributed by atoms with E-state index >= 15 is 0 Å². The zero-order valence-electron chi connectivity index (χ0n) is 12.2. The number of carbonyl (C=O) groups is 1. The molecule has 110 valence electrons. The zero-order chi connectivity index (χ0) is 15.4. The average Bonchev–Trinajstić information content (AvgIpc) is 2.48. The van der Waals surface area contributed by atoms with E-state index in [0.717, 1.165) is 10.5 Å². The van der Waals surface area contributed by atoms with Crippen LogP contribution in [0, 0.1) is 6.92 Å². The maximum Gasteiger partial charge on any atom is 0.255 e. The topological polar surface area (TPSA) is 46.2 Å². The first kappa shape index (κ1) is 15.8. The van der Waals surface area contributed by atoms with Gasteiger partial charge in [-0.05, 0) is 49.1 Å². The highest BCUT2D eigenvalue weighted by atomic mass is 32.2. The van der Waals surface area contributed by atoms with Crippen molar-refractivity contribution in [3.63, 3.8) is 0 Å². The van der Waals surface area contributed by atoms with Gasteiger partial charge in [0.15, 0.2) is 0 Å². The summed E-state index contributed by atoms with van der Waals surface area (Å²) >= 11 is 1.60. The molecule has 0 saturated carbocycles. The highest BCUT2D eigenvalue weighted by Crippen LogP contribution is 2.21. The summed E-state index contributed by atoms with van der Waals surface area (Å²) in [5.41, 5.74) is 2.24. The second-order valence-electron chi connectivity index (χ2n) is 4.62. The minimum absolute atomic E-state index is 0.151. The third-order valence-electron chi connectivity index (χ3n) is 3.11. The van der Waals surface area contributed by atoms with Crippen LogP contribution in [0.2, 0.25) is 0 Å². The SMILES string of the molecule is CSc1ccc(C)c(C(=O)Nc2cccc([S@](C)=O)c2)c1. The Bertz CT molecular complexity index is 698. The maximum atomic E-state index is 12.4. The van der Waals surface area contributed by atoms with Crippen molar-refractivity contribution in [2.75, 3.05) is 17.8 Å². The number of rotatable bonds is 4. The molecule has 0 fully saturated rings. The molecule has 0 bridgehead atoms. The fourth-order valence-electron chi connectivity index (χ4n) is 1.92. The number of carbonyl (C=O) groups excluding carboxylic acids is 1. The summed E-state index contributed by atoms with van der Waals surface area (Å²) in [6.07, 6.45) is 3.60. The molecule has 0 heterocycles. The summed E-state index contributed by atoms with van der Waals surface area (Å²) in [4.78, 5) is 14.1. The van der Waals surface area contributed by atoms with Crippen LogP contribution in [0.4, 0.5) is 5.69 Å². The van der Waals surface area contributed by atoms with Crippen LogP contribution in [0.1, 0.15) is 15.9 Å². The van der Waals surface area contributed by atoms with Crippen LogP contribution in [0.15, 0.2) is 52.3 Å². The molecule has 0 spiro atoms. The molecule has 2 aromatic carbocycles. The first-order valence-corrected chi connectivity index (χ1v) is 9.19. The Kier molecular flexibility index (Phi) is 5.20. The third kappa shape index (κ3) is 3.95. The molecule has 2 rings (SSSR count). The smallest absolute Gasteiger partial charge is 0.255 e. The summed E-state index contributed by atoms with van der Waals surface area (Å²) in [5.74, 6) is -0.151. The van der Waals surface area contributed by atoms with Crippen LogP contribution >= 0.6 is 11.8 Å². The summed E-state index contributed by atoms with van der Waals surface area (Å²) in [7, 11) is -1.06. The van der Waals surface area contributed by atoms with Crippen molar-refractivity contribution >= 4 is 34.2 Å². The molecular weight excluding hydrogens is 302 g/mol. The molecule has 5 heteroatoms. The number of hydrogen-bond donors (Lipinski definition) is 1. The van der Waals surface area contributed by atoms with Gasteiger partial charge in [0.25, 0.3) is 5.91 Å². The third-order valence-corrected chi connectivity index (χ3v) is 4.76. The molecule has 0 aliphatic rings. The summed E-state index contributed by atoms with van der Waals surface area (Å²) in [6, 6.07) is 12.9. The number of hydrogen-bond acceptors (Lipinski definition) is 3. The number of anilines is 1. The van der Waals surface area contributed by atoms with Crippen molar-refractivity contribution in [1.29, 1.82) is 0 Å². The second kappa shape index (κ2) is 6.91. The van der Waals surface area contributed by atoms with Gasteiger partial charge in [-0.2, -0.15) is 0 Å². The normalized spacial score (nSPS) is 12.0. The molecule has 0 saturated heterocycles. The van der Waals surface area contributed by atoms with Gasteiger partial charge in [0.1, 0.15) is 0 Å². The van der Waals surface area contributed by atoms with Crippen LogP contribution in [-0.4, -0.2) is 22.6 Å². The van der Waals surface area contributed by atoms with Gasteiger partial charge in [-0.15, -0.1) is 11.8 Å². The van der Waals surface area contributed by atoms with E-state index in [0.29, 0.717) is 16.1 Å². The molecule has 0 aliphatic heterocycles. The van der Waals surface area contributed by atoms with Crippen molar-refractivity contribution in [1.82, 2.24) is 0 Å². The molecule has 3 nitrogen and oxygen atoms in total. The fraction of sp³-hybridized carbons (Fsp3) is 0.188. The molecular formula is C16H17NO2S2. The number of nitrogens with one attached hydrogen (secondary N) is 1. The number of thioether (sulfide) groups is 1. The van der Waals surface area contributed by atoms with E-state index in [-0.39, 0.29) is 5.91 Å². The lowest BCUT2D eigenvalue weighted by atomic mass is 10.1. The van der Waals surface area contributed by atoms with Gasteiger partial charge in [-0.25, -0.2) is 0 Å². The lowest BCUT2D eigenvalue weighted by Crippen LogP contribution is -2.13. The van der Waals surface area contributed by atoms with Crippen molar-refractivity contribution in [2.45, 2.75) is 16.7 Å². The van der Waals surface area contributed by atoms with Crippen LogP contribution in [0.3, 0.4) is 0 Å². The molecule has 1 amide bonds. The minimum Gasteiger partial charge on any atom is -0.322 e. The molecule has 0 aromatic heterocycles. The zero-order valence-corrected chi connectivity index (χ0v) is 13.8. The average molecular weight is 319 g/mol. The van der Waals surface area contributed by atoms with E-state index in [9.17, 15) is 9.00 Å². The molecule has 0 unspecified atom stereocenters. The lowest BCUT2D eigenvalue weighted by Gasteiger charge is -2.10. The molecule has 1 N–H and O–H groups in total. The van der Waals surface area contributed by atoms with Crippen molar-refractivity contribution in [2.24, 2.45) is 0 Å². The summed E-state index contributed by atoms with van der Waals surface area (Å²) < 4.78 is 11.5. The van der Waals surface area contributed by atoms with Crippen molar-refractivity contribution in [3.05, 3.63) is 53.6 Å². The lowest BCUT2D eigenvalue weighted by molar-refractivity contribution is 0.102. The predicted octanol–water partition coefficient (Wildman–Crippen LogP) is 3.71. The van der Waals surface area contributed by atoms with Gasteiger partial charge in [0.2, 0.25) is 0 Å². The van der Waals surface area contributed by atoms with E-state index in [2.05, 4.69) is 5.32 Å². The Hall–Kier alpha value is -1.59. The quantitative estimate of drug-likeness (QED) is 0.874.